The molecule has 0 radical (unpaired) electrons. The van der Waals surface area contributed by atoms with Crippen molar-refractivity contribution in [3.05, 3.63) is 16.9 Å². The Balaban J connectivity index is 3.06. The third kappa shape index (κ3) is 3.39. The molecule has 0 saturated carbocycles. The molecule has 102 valence electrons. The number of halogens is 2. The van der Waals surface area contributed by atoms with Crippen LogP contribution in [-0.2, 0) is 9.84 Å². The number of nitrogens with zero attached hydrogens (tertiary/aromatic N) is 1. The first-order valence-corrected chi connectivity index (χ1v) is 7.49. The molecular weight excluding hydrogens is 281 g/mol. The predicted molar refractivity (Wildman–Crippen MR) is 73.2 cm³/mol. The second kappa shape index (κ2) is 5.19. The van der Waals surface area contributed by atoms with Gasteiger partial charge in [0.05, 0.1) is 22.8 Å². The van der Waals surface area contributed by atoms with E-state index in [1.807, 2.05) is 0 Å². The molecule has 1 aromatic carbocycles. The van der Waals surface area contributed by atoms with E-state index >= 15 is 0 Å². The second-order valence-electron chi connectivity index (χ2n) is 4.08. The molecule has 0 spiro atoms. The van der Waals surface area contributed by atoms with Gasteiger partial charge in [-0.2, -0.15) is 0 Å². The van der Waals surface area contributed by atoms with Crippen LogP contribution in [0.2, 0.25) is 5.02 Å². The maximum absolute atomic E-state index is 13.9. The molecule has 0 aromatic heterocycles. The van der Waals surface area contributed by atoms with Gasteiger partial charge in [0, 0.05) is 19.8 Å². The van der Waals surface area contributed by atoms with Crippen LogP contribution in [-0.4, -0.2) is 34.0 Å². The van der Waals surface area contributed by atoms with Crippen molar-refractivity contribution in [2.75, 3.05) is 42.0 Å². The monoisotopic (exact) mass is 295 g/mol. The van der Waals surface area contributed by atoms with Crippen LogP contribution >= 0.6 is 11.6 Å². The van der Waals surface area contributed by atoms with Gasteiger partial charge in [0.25, 0.3) is 0 Å². The summed E-state index contributed by atoms with van der Waals surface area (Å²) in [6.45, 7) is 0.111. The molecule has 18 heavy (non-hydrogen) atoms. The Morgan fingerprint density at radius 3 is 2.44 bits per heavy atom. The number of nitrogens with two attached hydrogens (primary N) is 2. The molecule has 5 nitrogen and oxygen atoms in total. The molecule has 1 rings (SSSR count). The van der Waals surface area contributed by atoms with Gasteiger partial charge in [0.15, 0.2) is 5.82 Å². The van der Waals surface area contributed by atoms with Crippen LogP contribution in [0.5, 0.6) is 0 Å². The zero-order chi connectivity index (χ0) is 14.1. The molecule has 4 N–H and O–H groups in total. The van der Waals surface area contributed by atoms with Crippen molar-refractivity contribution in [2.45, 2.75) is 0 Å². The Hall–Kier alpha value is -1.21. The largest absolute Gasteiger partial charge is 0.397 e. The summed E-state index contributed by atoms with van der Waals surface area (Å²) in [5.74, 6) is -0.852. The lowest BCUT2D eigenvalue weighted by molar-refractivity contribution is 0.599. The lowest BCUT2D eigenvalue weighted by Crippen LogP contribution is -2.26. The number of nitrogen functional groups attached to an aromatic ring is 2. The Morgan fingerprint density at radius 1 is 1.39 bits per heavy atom. The summed E-state index contributed by atoms with van der Waals surface area (Å²) in [4.78, 5) is 1.40. The maximum Gasteiger partial charge on any atom is 0.169 e. The van der Waals surface area contributed by atoms with Gasteiger partial charge in [0.2, 0.25) is 0 Å². The van der Waals surface area contributed by atoms with Crippen molar-refractivity contribution in [3.8, 4) is 0 Å². The highest BCUT2D eigenvalue weighted by molar-refractivity contribution is 7.90. The molecule has 0 heterocycles. The van der Waals surface area contributed by atoms with E-state index in [4.69, 9.17) is 23.1 Å². The summed E-state index contributed by atoms with van der Waals surface area (Å²) in [6, 6.07) is 1.34. The average molecular weight is 296 g/mol. The zero-order valence-corrected chi connectivity index (χ0v) is 11.6. The molecule has 0 atom stereocenters. The molecular formula is C10H15ClFN3O2S. The van der Waals surface area contributed by atoms with E-state index in [1.165, 1.54) is 18.0 Å². The number of rotatable bonds is 4. The minimum atomic E-state index is -3.13. The van der Waals surface area contributed by atoms with E-state index in [0.29, 0.717) is 0 Å². The topological polar surface area (TPSA) is 89.4 Å². The third-order valence-electron chi connectivity index (χ3n) is 2.42. The number of hydrogen-bond donors (Lipinski definition) is 2. The molecule has 0 aliphatic heterocycles. The van der Waals surface area contributed by atoms with Crippen LogP contribution in [0, 0.1) is 5.82 Å². The van der Waals surface area contributed by atoms with Crippen LogP contribution in [0.25, 0.3) is 0 Å². The second-order valence-corrected chi connectivity index (χ2v) is 6.72. The Labute approximate surface area is 110 Å². The Bertz CT molecular complexity index is 563. The number of benzene rings is 1. The van der Waals surface area contributed by atoms with Gasteiger partial charge in [-0.05, 0) is 6.07 Å². The zero-order valence-electron chi connectivity index (χ0n) is 10.1. The van der Waals surface area contributed by atoms with Crippen LogP contribution in [0.4, 0.5) is 21.5 Å². The fourth-order valence-electron chi connectivity index (χ4n) is 1.46. The van der Waals surface area contributed by atoms with Gasteiger partial charge in [-0.1, -0.05) is 11.6 Å². The Morgan fingerprint density at radius 2 is 1.94 bits per heavy atom. The van der Waals surface area contributed by atoms with Crippen LogP contribution < -0.4 is 16.4 Å². The van der Waals surface area contributed by atoms with Crippen molar-refractivity contribution < 1.29 is 12.8 Å². The smallest absolute Gasteiger partial charge is 0.169 e. The van der Waals surface area contributed by atoms with Crippen LogP contribution in [0.15, 0.2) is 6.07 Å². The standard InChI is InChI=1S/C10H15ClFN3O2S/c1-15(3-4-18(2,16)17)10-7(14)5-6(13)8(11)9(10)12/h5H,3-4,13-14H2,1-2H3. The highest BCUT2D eigenvalue weighted by Gasteiger charge is 2.18. The summed E-state index contributed by atoms with van der Waals surface area (Å²) in [6.07, 6.45) is 1.11. The van der Waals surface area contributed by atoms with E-state index in [2.05, 4.69) is 0 Å². The van der Waals surface area contributed by atoms with Gasteiger partial charge in [-0.3, -0.25) is 0 Å². The summed E-state index contributed by atoms with van der Waals surface area (Å²) in [5.41, 5.74) is 11.3. The van der Waals surface area contributed by atoms with Gasteiger partial charge >= 0.3 is 0 Å². The summed E-state index contributed by atoms with van der Waals surface area (Å²) < 4.78 is 36.0. The molecule has 0 unspecified atom stereocenters. The molecule has 0 aliphatic carbocycles. The first-order valence-electron chi connectivity index (χ1n) is 5.05. The maximum atomic E-state index is 13.9. The molecule has 8 heteroatoms. The highest BCUT2D eigenvalue weighted by atomic mass is 35.5. The van der Waals surface area contributed by atoms with Crippen molar-refractivity contribution in [1.29, 1.82) is 0 Å². The van der Waals surface area contributed by atoms with Crippen molar-refractivity contribution in [3.63, 3.8) is 0 Å². The molecule has 0 aliphatic rings. The van der Waals surface area contributed by atoms with E-state index in [-0.39, 0.29) is 34.4 Å². The number of sulfone groups is 1. The number of hydrogen-bond acceptors (Lipinski definition) is 5. The normalized spacial score (nSPS) is 11.6. The summed E-state index contributed by atoms with van der Waals surface area (Å²) >= 11 is 5.69. The molecule has 0 saturated heterocycles. The first-order chi connectivity index (χ1) is 8.13. The number of anilines is 3. The minimum absolute atomic E-state index is 0.0481. The fourth-order valence-corrected chi connectivity index (χ4v) is 2.21. The van der Waals surface area contributed by atoms with Crippen LogP contribution in [0.3, 0.4) is 0 Å². The summed E-state index contributed by atoms with van der Waals surface area (Å²) in [7, 11) is -1.60. The van der Waals surface area contributed by atoms with E-state index in [1.54, 1.807) is 0 Å². The lowest BCUT2D eigenvalue weighted by atomic mass is 10.2. The quantitative estimate of drug-likeness (QED) is 0.813. The van der Waals surface area contributed by atoms with E-state index < -0.39 is 15.7 Å². The van der Waals surface area contributed by atoms with Crippen molar-refractivity contribution >= 4 is 38.5 Å². The average Bonchev–Trinajstić information content (AvgIpc) is 2.22. The van der Waals surface area contributed by atoms with Crippen LogP contribution in [0.1, 0.15) is 0 Å². The third-order valence-corrected chi connectivity index (χ3v) is 3.73. The van der Waals surface area contributed by atoms with E-state index in [9.17, 15) is 12.8 Å². The summed E-state index contributed by atoms with van der Waals surface area (Å²) in [5, 5.41) is -0.217. The van der Waals surface area contributed by atoms with E-state index in [0.717, 1.165) is 6.26 Å². The highest BCUT2D eigenvalue weighted by Crippen LogP contribution is 2.35. The molecule has 1 aromatic rings. The predicted octanol–water partition coefficient (Wildman–Crippen LogP) is 1.12. The minimum Gasteiger partial charge on any atom is -0.397 e. The molecule has 0 bridgehead atoms. The van der Waals surface area contributed by atoms with Gasteiger partial charge in [0.1, 0.15) is 14.9 Å². The van der Waals surface area contributed by atoms with Crippen molar-refractivity contribution in [2.24, 2.45) is 0 Å². The van der Waals surface area contributed by atoms with Gasteiger partial charge in [-0.15, -0.1) is 0 Å². The lowest BCUT2D eigenvalue weighted by Gasteiger charge is -2.22. The SMILES string of the molecule is CN(CCS(C)(=O)=O)c1c(N)cc(N)c(Cl)c1F. The first kappa shape index (κ1) is 14.8. The van der Waals surface area contributed by atoms with Gasteiger partial charge < -0.3 is 16.4 Å². The van der Waals surface area contributed by atoms with Gasteiger partial charge in [-0.25, -0.2) is 12.8 Å². The fraction of sp³-hybridized carbons (Fsp3) is 0.400. The Kier molecular flexibility index (Phi) is 4.28. The van der Waals surface area contributed by atoms with Crippen molar-refractivity contribution in [1.82, 2.24) is 0 Å². The molecule has 0 amide bonds. The molecule has 0 fully saturated rings.